The number of carbonyl (C=O) groups excluding carboxylic acids is 2. The van der Waals surface area contributed by atoms with Gasteiger partial charge in [-0.25, -0.2) is 0 Å². The molecule has 1 saturated heterocycles. The van der Waals surface area contributed by atoms with E-state index in [2.05, 4.69) is 33.2 Å². The highest BCUT2D eigenvalue weighted by atomic mass is 79.9. The van der Waals surface area contributed by atoms with Crippen LogP contribution in [0.2, 0.25) is 0 Å². The maximum absolute atomic E-state index is 12.7. The second-order valence-electron chi connectivity index (χ2n) is 6.71. The zero-order valence-electron chi connectivity index (χ0n) is 16.1. The maximum atomic E-state index is 12.7. The summed E-state index contributed by atoms with van der Waals surface area (Å²) in [5.74, 6) is 0.444. The SMILES string of the molecule is CCOc1ccc(C(=O)Nc2cccc(C(=O)N3CCN(C)CC3)c2)cc1Br. The Labute approximate surface area is 173 Å². The molecule has 0 radical (unpaired) electrons. The molecule has 0 atom stereocenters. The van der Waals surface area contributed by atoms with Crippen molar-refractivity contribution in [2.45, 2.75) is 6.92 Å². The Kier molecular flexibility index (Phi) is 6.70. The van der Waals surface area contributed by atoms with E-state index in [-0.39, 0.29) is 11.8 Å². The number of rotatable bonds is 5. The lowest BCUT2D eigenvalue weighted by atomic mass is 10.1. The number of likely N-dealkylation sites (N-methyl/N-ethyl adjacent to an activating group) is 1. The molecule has 1 fully saturated rings. The normalized spacial score (nSPS) is 14.6. The number of benzene rings is 2. The third kappa shape index (κ3) is 4.91. The minimum absolute atomic E-state index is 0.00647. The summed E-state index contributed by atoms with van der Waals surface area (Å²) in [6.45, 7) is 5.63. The molecule has 1 N–H and O–H groups in total. The number of ether oxygens (including phenoxy) is 1. The molecule has 2 aromatic carbocycles. The lowest BCUT2D eigenvalue weighted by Gasteiger charge is -2.32. The molecule has 148 valence electrons. The highest BCUT2D eigenvalue weighted by Crippen LogP contribution is 2.26. The summed E-state index contributed by atoms with van der Waals surface area (Å²) in [7, 11) is 2.05. The number of halogens is 1. The minimum Gasteiger partial charge on any atom is -0.493 e. The van der Waals surface area contributed by atoms with Crippen molar-refractivity contribution in [3.05, 3.63) is 58.1 Å². The average Bonchev–Trinajstić information content (AvgIpc) is 2.70. The van der Waals surface area contributed by atoms with Crippen molar-refractivity contribution >= 4 is 33.4 Å². The smallest absolute Gasteiger partial charge is 0.255 e. The summed E-state index contributed by atoms with van der Waals surface area (Å²) in [5.41, 5.74) is 1.68. The van der Waals surface area contributed by atoms with E-state index in [9.17, 15) is 9.59 Å². The van der Waals surface area contributed by atoms with Crippen LogP contribution < -0.4 is 10.1 Å². The summed E-state index contributed by atoms with van der Waals surface area (Å²) >= 11 is 3.42. The molecule has 28 heavy (non-hydrogen) atoms. The van der Waals surface area contributed by atoms with Gasteiger partial charge in [0.25, 0.3) is 11.8 Å². The van der Waals surface area contributed by atoms with Gasteiger partial charge in [0.2, 0.25) is 0 Å². The van der Waals surface area contributed by atoms with Gasteiger partial charge < -0.3 is 19.9 Å². The molecular weight excluding hydrogens is 422 g/mol. The Balaban J connectivity index is 1.69. The first-order valence-corrected chi connectivity index (χ1v) is 10.1. The van der Waals surface area contributed by atoms with Crippen LogP contribution in [0.3, 0.4) is 0 Å². The molecule has 0 bridgehead atoms. The van der Waals surface area contributed by atoms with Crippen molar-refractivity contribution in [2.75, 3.05) is 45.2 Å². The van der Waals surface area contributed by atoms with Crippen LogP contribution in [0.25, 0.3) is 0 Å². The predicted molar refractivity (Wildman–Crippen MR) is 113 cm³/mol. The Morgan fingerprint density at radius 1 is 1.07 bits per heavy atom. The Morgan fingerprint density at radius 3 is 2.50 bits per heavy atom. The van der Waals surface area contributed by atoms with E-state index in [0.29, 0.717) is 42.3 Å². The molecule has 7 heteroatoms. The van der Waals surface area contributed by atoms with Crippen LogP contribution in [-0.4, -0.2) is 61.4 Å². The molecule has 0 aliphatic carbocycles. The summed E-state index contributed by atoms with van der Waals surface area (Å²) in [4.78, 5) is 29.4. The molecule has 1 aliphatic heterocycles. The van der Waals surface area contributed by atoms with Crippen LogP contribution in [0.1, 0.15) is 27.6 Å². The fourth-order valence-electron chi connectivity index (χ4n) is 3.04. The van der Waals surface area contributed by atoms with Gasteiger partial charge in [-0.2, -0.15) is 0 Å². The van der Waals surface area contributed by atoms with E-state index in [1.807, 2.05) is 11.8 Å². The van der Waals surface area contributed by atoms with Crippen molar-refractivity contribution in [1.82, 2.24) is 9.80 Å². The number of nitrogens with one attached hydrogen (secondary N) is 1. The van der Waals surface area contributed by atoms with Gasteiger partial charge in [-0.1, -0.05) is 6.07 Å². The summed E-state index contributed by atoms with van der Waals surface area (Å²) in [5, 5.41) is 2.86. The van der Waals surface area contributed by atoms with Gasteiger partial charge in [-0.05, 0) is 66.3 Å². The highest BCUT2D eigenvalue weighted by molar-refractivity contribution is 9.10. The first kappa shape index (κ1) is 20.4. The lowest BCUT2D eigenvalue weighted by molar-refractivity contribution is 0.0664. The van der Waals surface area contributed by atoms with E-state index < -0.39 is 0 Å². The van der Waals surface area contributed by atoms with Gasteiger partial charge in [0.05, 0.1) is 11.1 Å². The molecular formula is C21H24BrN3O3. The monoisotopic (exact) mass is 445 g/mol. The third-order valence-electron chi connectivity index (χ3n) is 4.65. The van der Waals surface area contributed by atoms with Crippen LogP contribution in [0.15, 0.2) is 46.9 Å². The van der Waals surface area contributed by atoms with Gasteiger partial charge in [-0.15, -0.1) is 0 Å². The number of anilines is 1. The van der Waals surface area contributed by atoms with E-state index in [1.54, 1.807) is 42.5 Å². The molecule has 0 spiro atoms. The number of hydrogen-bond acceptors (Lipinski definition) is 4. The summed E-state index contributed by atoms with van der Waals surface area (Å²) in [6, 6.07) is 12.3. The molecule has 0 aromatic heterocycles. The van der Waals surface area contributed by atoms with Crippen LogP contribution in [0, 0.1) is 0 Å². The van der Waals surface area contributed by atoms with Gasteiger partial charge in [0.15, 0.2) is 0 Å². The van der Waals surface area contributed by atoms with Crippen LogP contribution in [-0.2, 0) is 0 Å². The maximum Gasteiger partial charge on any atom is 0.255 e. The van der Waals surface area contributed by atoms with Gasteiger partial charge in [0, 0.05) is 43.0 Å². The fraction of sp³-hybridized carbons (Fsp3) is 0.333. The van der Waals surface area contributed by atoms with Gasteiger partial charge in [-0.3, -0.25) is 9.59 Å². The number of nitrogens with zero attached hydrogens (tertiary/aromatic N) is 2. The molecule has 2 amide bonds. The van der Waals surface area contributed by atoms with Crippen LogP contribution >= 0.6 is 15.9 Å². The quantitative estimate of drug-likeness (QED) is 0.764. The van der Waals surface area contributed by atoms with Crippen molar-refractivity contribution in [1.29, 1.82) is 0 Å². The van der Waals surface area contributed by atoms with Crippen molar-refractivity contribution in [3.8, 4) is 5.75 Å². The van der Waals surface area contributed by atoms with Crippen molar-refractivity contribution < 1.29 is 14.3 Å². The zero-order chi connectivity index (χ0) is 20.1. The number of amides is 2. The van der Waals surface area contributed by atoms with Crippen molar-refractivity contribution in [2.24, 2.45) is 0 Å². The fourth-order valence-corrected chi connectivity index (χ4v) is 3.53. The Hall–Kier alpha value is -2.38. The summed E-state index contributed by atoms with van der Waals surface area (Å²) in [6.07, 6.45) is 0. The second-order valence-corrected chi connectivity index (χ2v) is 7.56. The first-order valence-electron chi connectivity index (χ1n) is 9.29. The van der Waals surface area contributed by atoms with E-state index in [0.717, 1.165) is 17.6 Å². The minimum atomic E-state index is -0.243. The highest BCUT2D eigenvalue weighted by Gasteiger charge is 2.20. The zero-order valence-corrected chi connectivity index (χ0v) is 17.7. The summed E-state index contributed by atoms with van der Waals surface area (Å²) < 4.78 is 6.20. The molecule has 0 saturated carbocycles. The van der Waals surface area contributed by atoms with E-state index >= 15 is 0 Å². The van der Waals surface area contributed by atoms with Crippen molar-refractivity contribution in [3.63, 3.8) is 0 Å². The molecule has 1 aliphatic rings. The largest absolute Gasteiger partial charge is 0.493 e. The second kappa shape index (κ2) is 9.21. The number of hydrogen-bond donors (Lipinski definition) is 1. The third-order valence-corrected chi connectivity index (χ3v) is 5.27. The molecule has 0 unspecified atom stereocenters. The molecule has 6 nitrogen and oxygen atoms in total. The standard InChI is InChI=1S/C21H24BrN3O3/c1-3-28-19-8-7-15(14-18(19)22)20(26)23-17-6-4-5-16(13-17)21(27)25-11-9-24(2)10-12-25/h4-8,13-14H,3,9-12H2,1-2H3,(H,23,26). The Morgan fingerprint density at radius 2 is 1.82 bits per heavy atom. The number of piperazine rings is 1. The predicted octanol–water partition coefficient (Wildman–Crippen LogP) is 3.49. The first-order chi connectivity index (χ1) is 13.5. The Bertz CT molecular complexity index is 864. The lowest BCUT2D eigenvalue weighted by Crippen LogP contribution is -2.47. The van der Waals surface area contributed by atoms with E-state index in [4.69, 9.17) is 4.74 Å². The van der Waals surface area contributed by atoms with Crippen LogP contribution in [0.4, 0.5) is 5.69 Å². The molecule has 2 aromatic rings. The number of carbonyl (C=O) groups is 2. The van der Waals surface area contributed by atoms with Gasteiger partial charge >= 0.3 is 0 Å². The average molecular weight is 446 g/mol. The van der Waals surface area contributed by atoms with Crippen LogP contribution in [0.5, 0.6) is 5.75 Å². The van der Waals surface area contributed by atoms with E-state index in [1.165, 1.54) is 0 Å². The molecule has 3 rings (SSSR count). The van der Waals surface area contributed by atoms with Gasteiger partial charge in [0.1, 0.15) is 5.75 Å². The topological polar surface area (TPSA) is 61.9 Å². The molecule has 1 heterocycles.